The molecule has 9 heteroatoms. The lowest BCUT2D eigenvalue weighted by molar-refractivity contribution is 0.0934. The van der Waals surface area contributed by atoms with Crippen LogP contribution in [0.1, 0.15) is 36.5 Å². The quantitative estimate of drug-likeness (QED) is 0.471. The topological polar surface area (TPSA) is 84.7 Å². The van der Waals surface area contributed by atoms with Crippen molar-refractivity contribution in [2.75, 3.05) is 25.1 Å². The molecule has 1 aliphatic rings. The summed E-state index contributed by atoms with van der Waals surface area (Å²) in [4.78, 5) is 23.1. The minimum atomic E-state index is -0.190. The molecular weight excluding hydrogens is 447 g/mol. The number of pyridine rings is 1. The van der Waals surface area contributed by atoms with Crippen molar-refractivity contribution in [3.05, 3.63) is 84.1 Å². The van der Waals surface area contributed by atoms with E-state index in [0.717, 1.165) is 30.1 Å². The second-order valence-corrected chi connectivity index (χ2v) is 7.63. The lowest BCUT2D eigenvalue weighted by Gasteiger charge is -2.18. The Morgan fingerprint density at radius 2 is 1.86 bits per heavy atom. The highest BCUT2D eigenvalue weighted by atomic mass is 19.1. The molecular formula is C26H31FN6O2. The minimum Gasteiger partial charge on any atom is -0.481 e. The van der Waals surface area contributed by atoms with E-state index in [1.165, 1.54) is 19.2 Å². The molecule has 4 aromatic rings. The number of benzene rings is 1. The summed E-state index contributed by atoms with van der Waals surface area (Å²) in [5.41, 5.74) is 2.19. The molecule has 1 aromatic carbocycles. The first-order chi connectivity index (χ1) is 17.0. The Labute approximate surface area is 204 Å². The SMILES string of the molecule is CC.COc1cccc(C(=O)N[C@H]2CCN(c3ccc4ncc(C)n4n3)C2)n1.Fc1ccccc1. The number of imidazole rings is 1. The van der Waals surface area contributed by atoms with Crippen molar-refractivity contribution in [1.82, 2.24) is 24.9 Å². The molecule has 0 unspecified atom stereocenters. The van der Waals surface area contributed by atoms with Crippen molar-refractivity contribution in [3.8, 4) is 5.88 Å². The Hall–Kier alpha value is -4.01. The number of carbonyl (C=O) groups is 1. The molecule has 0 bridgehead atoms. The highest BCUT2D eigenvalue weighted by Gasteiger charge is 2.26. The number of fused-ring (bicyclic) bond motifs is 1. The van der Waals surface area contributed by atoms with Gasteiger partial charge in [0.15, 0.2) is 5.65 Å². The fraction of sp³-hybridized carbons (Fsp3) is 0.308. The van der Waals surface area contributed by atoms with Crippen LogP contribution in [0.25, 0.3) is 5.65 Å². The fourth-order valence-corrected chi connectivity index (χ4v) is 3.56. The first kappa shape index (κ1) is 25.6. The van der Waals surface area contributed by atoms with E-state index in [-0.39, 0.29) is 17.8 Å². The first-order valence-corrected chi connectivity index (χ1v) is 11.6. The van der Waals surface area contributed by atoms with Crippen molar-refractivity contribution in [2.45, 2.75) is 33.2 Å². The number of aryl methyl sites for hydroxylation is 1. The van der Waals surface area contributed by atoms with Crippen molar-refractivity contribution in [2.24, 2.45) is 0 Å². The molecule has 0 aliphatic carbocycles. The predicted molar refractivity (Wildman–Crippen MR) is 134 cm³/mol. The first-order valence-electron chi connectivity index (χ1n) is 11.6. The number of ether oxygens (including phenoxy) is 1. The molecule has 0 spiro atoms. The summed E-state index contributed by atoms with van der Waals surface area (Å²) in [7, 11) is 1.53. The number of carbonyl (C=O) groups excluding carboxylic acids is 1. The lowest BCUT2D eigenvalue weighted by Crippen LogP contribution is -2.37. The Morgan fingerprint density at radius 3 is 2.54 bits per heavy atom. The molecule has 4 heterocycles. The zero-order valence-electron chi connectivity index (χ0n) is 20.5. The van der Waals surface area contributed by atoms with Crippen LogP contribution in [0.3, 0.4) is 0 Å². The van der Waals surface area contributed by atoms with Crippen LogP contribution in [-0.4, -0.2) is 51.7 Å². The van der Waals surface area contributed by atoms with Gasteiger partial charge in [-0.2, -0.15) is 0 Å². The second kappa shape index (κ2) is 12.5. The van der Waals surface area contributed by atoms with Crippen LogP contribution in [0.2, 0.25) is 0 Å². The van der Waals surface area contributed by atoms with Gasteiger partial charge in [0, 0.05) is 25.2 Å². The van der Waals surface area contributed by atoms with Gasteiger partial charge in [-0.3, -0.25) is 4.79 Å². The molecule has 1 N–H and O–H groups in total. The largest absolute Gasteiger partial charge is 0.481 e. The maximum Gasteiger partial charge on any atom is 0.270 e. The third-order valence-electron chi connectivity index (χ3n) is 5.26. The number of nitrogens with zero attached hydrogens (tertiary/aromatic N) is 5. The van der Waals surface area contributed by atoms with E-state index in [2.05, 4.69) is 25.3 Å². The van der Waals surface area contributed by atoms with Crippen LogP contribution in [0, 0.1) is 12.7 Å². The highest BCUT2D eigenvalue weighted by Crippen LogP contribution is 2.19. The van der Waals surface area contributed by atoms with Gasteiger partial charge < -0.3 is 15.0 Å². The summed E-state index contributed by atoms with van der Waals surface area (Å²) >= 11 is 0. The number of halogens is 1. The van der Waals surface area contributed by atoms with Gasteiger partial charge in [-0.15, -0.1) is 5.10 Å². The van der Waals surface area contributed by atoms with Crippen LogP contribution in [0.15, 0.2) is 66.9 Å². The smallest absolute Gasteiger partial charge is 0.270 e. The molecule has 1 aliphatic heterocycles. The molecule has 1 atom stereocenters. The van der Waals surface area contributed by atoms with Gasteiger partial charge in [0.25, 0.3) is 5.91 Å². The van der Waals surface area contributed by atoms with Gasteiger partial charge in [0.1, 0.15) is 17.3 Å². The lowest BCUT2D eigenvalue weighted by atomic mass is 10.2. The van der Waals surface area contributed by atoms with Crippen LogP contribution in [0.5, 0.6) is 5.88 Å². The summed E-state index contributed by atoms with van der Waals surface area (Å²) in [5, 5.41) is 7.69. The second-order valence-electron chi connectivity index (χ2n) is 7.63. The maximum atomic E-state index is 12.4. The van der Waals surface area contributed by atoms with Crippen LogP contribution < -0.4 is 15.0 Å². The predicted octanol–water partition coefficient (Wildman–Crippen LogP) is 4.30. The van der Waals surface area contributed by atoms with E-state index in [9.17, 15) is 9.18 Å². The third-order valence-corrected chi connectivity index (χ3v) is 5.26. The fourth-order valence-electron chi connectivity index (χ4n) is 3.56. The van der Waals surface area contributed by atoms with E-state index < -0.39 is 0 Å². The maximum absolute atomic E-state index is 12.4. The molecule has 0 radical (unpaired) electrons. The third kappa shape index (κ3) is 6.75. The zero-order valence-corrected chi connectivity index (χ0v) is 20.5. The number of rotatable bonds is 4. The van der Waals surface area contributed by atoms with E-state index >= 15 is 0 Å². The molecule has 1 amide bonds. The number of amides is 1. The molecule has 1 fully saturated rings. The number of hydrogen-bond acceptors (Lipinski definition) is 6. The van der Waals surface area contributed by atoms with Gasteiger partial charge in [-0.25, -0.2) is 18.9 Å². The van der Waals surface area contributed by atoms with Crippen molar-refractivity contribution in [1.29, 1.82) is 0 Å². The monoisotopic (exact) mass is 478 g/mol. The van der Waals surface area contributed by atoms with Crippen molar-refractivity contribution in [3.63, 3.8) is 0 Å². The van der Waals surface area contributed by atoms with E-state index in [1.807, 2.05) is 37.4 Å². The minimum absolute atomic E-state index is 0.0527. The van der Waals surface area contributed by atoms with Gasteiger partial charge in [0.2, 0.25) is 5.88 Å². The van der Waals surface area contributed by atoms with Crippen LogP contribution >= 0.6 is 0 Å². The molecule has 184 valence electrons. The average molecular weight is 479 g/mol. The number of methoxy groups -OCH3 is 1. The Kier molecular flexibility index (Phi) is 9.11. The van der Waals surface area contributed by atoms with E-state index in [0.29, 0.717) is 18.1 Å². The van der Waals surface area contributed by atoms with Crippen LogP contribution in [0.4, 0.5) is 10.2 Å². The molecule has 8 nitrogen and oxygen atoms in total. The molecule has 0 saturated carbocycles. The molecule has 3 aromatic heterocycles. The Bertz CT molecular complexity index is 1230. The van der Waals surface area contributed by atoms with E-state index in [4.69, 9.17) is 4.74 Å². The van der Waals surface area contributed by atoms with E-state index in [1.54, 1.807) is 42.6 Å². The van der Waals surface area contributed by atoms with Gasteiger partial charge in [-0.05, 0) is 43.7 Å². The van der Waals surface area contributed by atoms with Crippen LogP contribution in [-0.2, 0) is 0 Å². The normalized spacial score (nSPS) is 14.4. The van der Waals surface area contributed by atoms with Crippen molar-refractivity contribution >= 4 is 17.4 Å². The molecule has 5 rings (SSSR count). The molecule has 35 heavy (non-hydrogen) atoms. The number of anilines is 1. The summed E-state index contributed by atoms with van der Waals surface area (Å²) in [6.07, 6.45) is 2.67. The Morgan fingerprint density at radius 1 is 1.09 bits per heavy atom. The van der Waals surface area contributed by atoms with Gasteiger partial charge in [-0.1, -0.05) is 38.1 Å². The number of nitrogens with one attached hydrogen (secondary N) is 1. The zero-order chi connectivity index (χ0) is 25.2. The van der Waals surface area contributed by atoms with Gasteiger partial charge >= 0.3 is 0 Å². The number of hydrogen-bond donors (Lipinski definition) is 1. The summed E-state index contributed by atoms with van der Waals surface area (Å²) in [6.45, 7) is 7.52. The van der Waals surface area contributed by atoms with Gasteiger partial charge in [0.05, 0.1) is 19.0 Å². The van der Waals surface area contributed by atoms with Crippen molar-refractivity contribution < 1.29 is 13.9 Å². The highest BCUT2D eigenvalue weighted by molar-refractivity contribution is 5.92. The molecule has 1 saturated heterocycles. The summed E-state index contributed by atoms with van der Waals surface area (Å²) in [6, 6.07) is 17.1. The average Bonchev–Trinajstić information content (AvgIpc) is 3.52. The summed E-state index contributed by atoms with van der Waals surface area (Å²) < 4.78 is 18.8. The number of aromatic nitrogens is 4. The standard InChI is InChI=1S/C18H20N6O2.C6H5F.C2H6/c1-12-10-19-15-6-7-16(22-24(12)15)23-9-8-13(11-23)20-18(25)14-4-3-5-17(21-14)26-2;7-6-4-2-1-3-5-6;1-2/h3-7,10,13H,8-9,11H2,1-2H3,(H,20,25);1-5H;1-2H3/t13-;;/m0../s1. The summed E-state index contributed by atoms with van der Waals surface area (Å²) in [5.74, 6) is 0.945. The Balaban J connectivity index is 0.000000324.